The molecule has 1 N–H and O–H groups in total. The molecule has 3 nitrogen and oxygen atoms in total. The lowest BCUT2D eigenvalue weighted by Crippen LogP contribution is -2.06. The summed E-state index contributed by atoms with van der Waals surface area (Å²) >= 11 is 0. The van der Waals surface area contributed by atoms with Crippen molar-refractivity contribution in [3.63, 3.8) is 0 Å². The number of hydrogen-bond donors (Lipinski definition) is 1. The van der Waals surface area contributed by atoms with Gasteiger partial charge < -0.3 is 0 Å². The molecule has 0 bridgehead atoms. The molecular formula is C8H18O3. The van der Waals surface area contributed by atoms with Gasteiger partial charge in [-0.3, -0.25) is 0 Å². The highest BCUT2D eigenvalue weighted by atomic mass is 17.5. The van der Waals surface area contributed by atoms with Gasteiger partial charge in [0.15, 0.2) is 0 Å². The maximum atomic E-state index is 7.87. The van der Waals surface area contributed by atoms with Crippen LogP contribution in [0.4, 0.5) is 0 Å². The van der Waals surface area contributed by atoms with Gasteiger partial charge in [0, 0.05) is 0 Å². The molecular weight excluding hydrogens is 144 g/mol. The zero-order valence-corrected chi connectivity index (χ0v) is 7.54. The van der Waals surface area contributed by atoms with E-state index in [1.54, 1.807) is 0 Å². The molecule has 1 unspecified atom stereocenters. The van der Waals surface area contributed by atoms with Gasteiger partial charge in [-0.15, -0.1) is 0 Å². The van der Waals surface area contributed by atoms with Crippen LogP contribution in [-0.4, -0.2) is 11.9 Å². The Morgan fingerprint density at radius 1 is 1.18 bits per heavy atom. The van der Waals surface area contributed by atoms with Crippen molar-refractivity contribution in [2.75, 3.05) is 6.61 Å². The van der Waals surface area contributed by atoms with Crippen molar-refractivity contribution >= 4 is 0 Å². The molecule has 68 valence electrons. The Labute approximate surface area is 68.2 Å². The van der Waals surface area contributed by atoms with Gasteiger partial charge in [-0.25, -0.2) is 10.1 Å². The van der Waals surface area contributed by atoms with Crippen LogP contribution >= 0.6 is 0 Å². The molecule has 11 heavy (non-hydrogen) atoms. The first-order valence-corrected chi connectivity index (χ1v) is 4.09. The quantitative estimate of drug-likeness (QED) is 0.481. The monoisotopic (exact) mass is 162 g/mol. The molecule has 0 spiro atoms. The zero-order valence-electron chi connectivity index (χ0n) is 7.54. The molecule has 3 heteroatoms. The lowest BCUT2D eigenvalue weighted by atomic mass is 10.0. The summed E-state index contributed by atoms with van der Waals surface area (Å²) in [7, 11) is 0. The predicted molar refractivity (Wildman–Crippen MR) is 42.9 cm³/mol. The van der Waals surface area contributed by atoms with Gasteiger partial charge >= 0.3 is 0 Å². The van der Waals surface area contributed by atoms with E-state index in [0.717, 1.165) is 12.3 Å². The summed E-state index contributed by atoms with van der Waals surface area (Å²) in [6.45, 7) is 6.91. The van der Waals surface area contributed by atoms with E-state index in [2.05, 4.69) is 30.7 Å². The van der Waals surface area contributed by atoms with Crippen molar-refractivity contribution in [1.29, 1.82) is 0 Å². The van der Waals surface area contributed by atoms with Crippen LogP contribution in [-0.2, 0) is 9.93 Å². The predicted octanol–water partition coefficient (Wildman–Crippen LogP) is 2.48. The first-order chi connectivity index (χ1) is 5.16. The Bertz CT molecular complexity index is 83.4. The summed E-state index contributed by atoms with van der Waals surface area (Å²) in [5, 5.41) is 11.4. The first-order valence-electron chi connectivity index (χ1n) is 4.09. The zero-order chi connectivity index (χ0) is 8.69. The molecule has 0 radical (unpaired) electrons. The summed E-state index contributed by atoms with van der Waals surface area (Å²) < 4.78 is 0. The second-order valence-electron chi connectivity index (χ2n) is 3.44. The van der Waals surface area contributed by atoms with Crippen LogP contribution in [0.2, 0.25) is 0 Å². The fraction of sp³-hybridized carbons (Fsp3) is 1.00. The van der Waals surface area contributed by atoms with Gasteiger partial charge in [-0.05, 0) is 18.3 Å². The largest absolute Gasteiger partial charge is 0.221 e. The number of rotatable bonds is 6. The lowest BCUT2D eigenvalue weighted by molar-refractivity contribution is -0.493. The maximum absolute atomic E-state index is 7.87. The molecule has 0 aromatic carbocycles. The third kappa shape index (κ3) is 7.78. The number of hydrogen-bond acceptors (Lipinski definition) is 3. The van der Waals surface area contributed by atoms with Crippen molar-refractivity contribution in [1.82, 2.24) is 0 Å². The molecule has 0 aromatic heterocycles. The summed E-state index contributed by atoms with van der Waals surface area (Å²) in [4.78, 5) is 4.38. The topological polar surface area (TPSA) is 38.7 Å². The van der Waals surface area contributed by atoms with E-state index in [9.17, 15) is 0 Å². The van der Waals surface area contributed by atoms with E-state index in [1.165, 1.54) is 6.42 Å². The lowest BCUT2D eigenvalue weighted by Gasteiger charge is -2.10. The summed E-state index contributed by atoms with van der Waals surface area (Å²) in [6.07, 6.45) is 2.30. The third-order valence-corrected chi connectivity index (χ3v) is 1.64. The maximum Gasteiger partial charge on any atom is 0.0879 e. The molecule has 1 atom stereocenters. The van der Waals surface area contributed by atoms with Gasteiger partial charge in [0.05, 0.1) is 6.61 Å². The van der Waals surface area contributed by atoms with Crippen LogP contribution in [0.15, 0.2) is 0 Å². The van der Waals surface area contributed by atoms with Crippen molar-refractivity contribution < 1.29 is 15.2 Å². The van der Waals surface area contributed by atoms with Crippen molar-refractivity contribution in [3.05, 3.63) is 0 Å². The fourth-order valence-corrected chi connectivity index (χ4v) is 0.848. The standard InChI is InChI=1S/C8H18O3/c1-7(2)4-5-8(3)6-10-11-9/h7-9H,4-6H2,1-3H3. The van der Waals surface area contributed by atoms with E-state index >= 15 is 0 Å². The summed E-state index contributed by atoms with van der Waals surface area (Å²) in [6, 6.07) is 0. The van der Waals surface area contributed by atoms with Gasteiger partial charge in [0.25, 0.3) is 0 Å². The summed E-state index contributed by atoms with van der Waals surface area (Å²) in [5.41, 5.74) is 0. The van der Waals surface area contributed by atoms with Crippen molar-refractivity contribution in [2.45, 2.75) is 33.6 Å². The molecule has 0 amide bonds. The molecule has 0 aliphatic carbocycles. The van der Waals surface area contributed by atoms with Crippen molar-refractivity contribution in [3.8, 4) is 0 Å². The minimum absolute atomic E-state index is 0.449. The van der Waals surface area contributed by atoms with Gasteiger partial charge in [-0.2, -0.15) is 0 Å². The Balaban J connectivity index is 3.15. The van der Waals surface area contributed by atoms with E-state index < -0.39 is 0 Å². The highest BCUT2D eigenvalue weighted by molar-refractivity contribution is 4.52. The van der Waals surface area contributed by atoms with Crippen LogP contribution in [0.5, 0.6) is 0 Å². The Kier molecular flexibility index (Phi) is 6.51. The fourth-order valence-electron chi connectivity index (χ4n) is 0.848. The normalized spacial score (nSPS) is 13.9. The molecule has 0 rings (SSSR count). The van der Waals surface area contributed by atoms with E-state index in [1.807, 2.05) is 0 Å². The molecule has 0 aliphatic heterocycles. The van der Waals surface area contributed by atoms with E-state index in [0.29, 0.717) is 12.5 Å². The highest BCUT2D eigenvalue weighted by Crippen LogP contribution is 2.11. The molecule has 0 saturated heterocycles. The van der Waals surface area contributed by atoms with Crippen LogP contribution in [0.1, 0.15) is 33.6 Å². The van der Waals surface area contributed by atoms with Gasteiger partial charge in [0.2, 0.25) is 0 Å². The van der Waals surface area contributed by atoms with Crippen LogP contribution in [0, 0.1) is 11.8 Å². The molecule has 0 fully saturated rings. The van der Waals surface area contributed by atoms with Crippen molar-refractivity contribution in [2.24, 2.45) is 11.8 Å². The van der Waals surface area contributed by atoms with Crippen LogP contribution in [0.25, 0.3) is 0 Å². The molecule has 0 saturated carbocycles. The third-order valence-electron chi connectivity index (χ3n) is 1.64. The van der Waals surface area contributed by atoms with Crippen LogP contribution < -0.4 is 0 Å². The van der Waals surface area contributed by atoms with Gasteiger partial charge in [-0.1, -0.05) is 32.2 Å². The van der Waals surface area contributed by atoms with E-state index in [4.69, 9.17) is 5.26 Å². The molecule has 0 aromatic rings. The molecule has 0 heterocycles. The first kappa shape index (κ1) is 10.9. The molecule has 0 aliphatic rings. The summed E-state index contributed by atoms with van der Waals surface area (Å²) in [5.74, 6) is 1.18. The average molecular weight is 162 g/mol. The average Bonchev–Trinajstić information content (AvgIpc) is 1.97. The smallest absolute Gasteiger partial charge is 0.0879 e. The Hall–Kier alpha value is -0.120. The Morgan fingerprint density at radius 2 is 1.82 bits per heavy atom. The second kappa shape index (κ2) is 6.58. The van der Waals surface area contributed by atoms with Gasteiger partial charge in [0.1, 0.15) is 0 Å². The van der Waals surface area contributed by atoms with E-state index in [-0.39, 0.29) is 0 Å². The minimum atomic E-state index is 0.449. The minimum Gasteiger partial charge on any atom is -0.221 e. The Morgan fingerprint density at radius 3 is 2.27 bits per heavy atom. The second-order valence-corrected chi connectivity index (χ2v) is 3.44. The SMILES string of the molecule is CC(C)CCC(C)COOO. The van der Waals surface area contributed by atoms with Crippen LogP contribution in [0.3, 0.4) is 0 Å². The highest BCUT2D eigenvalue weighted by Gasteiger charge is 2.03.